The van der Waals surface area contributed by atoms with Crippen molar-refractivity contribution in [3.8, 4) is 0 Å². The number of nitrogens with zero attached hydrogens (tertiary/aromatic N) is 2. The molecule has 0 radical (unpaired) electrons. The van der Waals surface area contributed by atoms with Crippen LogP contribution in [0.5, 0.6) is 0 Å². The molecule has 2 saturated heterocycles. The minimum atomic E-state index is -0.588. The molecule has 0 saturated carbocycles. The van der Waals surface area contributed by atoms with E-state index in [1.807, 2.05) is 0 Å². The summed E-state index contributed by atoms with van der Waals surface area (Å²) in [4.78, 5) is 16.4. The number of hydrogen-bond acceptors (Lipinski definition) is 3. The molecule has 4 heteroatoms. The van der Waals surface area contributed by atoms with Crippen LogP contribution in [-0.4, -0.2) is 60.1 Å². The maximum atomic E-state index is 11.5. The average Bonchev–Trinajstić information content (AvgIpc) is 2.83. The zero-order valence-corrected chi connectivity index (χ0v) is 12.2. The van der Waals surface area contributed by atoms with Crippen molar-refractivity contribution in [3.05, 3.63) is 0 Å². The third-order valence-corrected chi connectivity index (χ3v) is 4.80. The Morgan fingerprint density at radius 2 is 1.79 bits per heavy atom. The van der Waals surface area contributed by atoms with Crippen LogP contribution in [-0.2, 0) is 4.79 Å². The summed E-state index contributed by atoms with van der Waals surface area (Å²) in [5, 5.41) is 9.49. The topological polar surface area (TPSA) is 43.8 Å². The molecule has 0 aromatic carbocycles. The summed E-state index contributed by atoms with van der Waals surface area (Å²) in [6.07, 6.45) is 6.65. The van der Waals surface area contributed by atoms with Gasteiger partial charge in [-0.15, -0.1) is 0 Å². The highest BCUT2D eigenvalue weighted by atomic mass is 16.4. The number of carbonyl (C=O) groups is 1. The molecule has 0 aromatic rings. The third-order valence-electron chi connectivity index (χ3n) is 4.80. The number of carboxylic acids is 1. The van der Waals surface area contributed by atoms with Crippen molar-refractivity contribution in [3.63, 3.8) is 0 Å². The summed E-state index contributed by atoms with van der Waals surface area (Å²) in [5.41, 5.74) is -0.462. The van der Waals surface area contributed by atoms with Gasteiger partial charge in [-0.25, -0.2) is 0 Å². The molecular weight excluding hydrogens is 240 g/mol. The minimum absolute atomic E-state index is 0.462. The van der Waals surface area contributed by atoms with E-state index in [4.69, 9.17) is 0 Å². The second kappa shape index (κ2) is 6.71. The first-order chi connectivity index (χ1) is 9.16. The van der Waals surface area contributed by atoms with Gasteiger partial charge in [-0.2, -0.15) is 0 Å². The summed E-state index contributed by atoms with van der Waals surface area (Å²) >= 11 is 0. The number of aliphatic carboxylic acids is 1. The van der Waals surface area contributed by atoms with Gasteiger partial charge in [0.2, 0.25) is 0 Å². The highest BCUT2D eigenvalue weighted by molar-refractivity contribution is 5.75. The van der Waals surface area contributed by atoms with E-state index in [1.54, 1.807) is 0 Å². The third kappa shape index (κ3) is 3.69. The molecule has 0 aromatic heterocycles. The van der Waals surface area contributed by atoms with Crippen LogP contribution < -0.4 is 0 Å². The predicted molar refractivity (Wildman–Crippen MR) is 76.3 cm³/mol. The quantitative estimate of drug-likeness (QED) is 0.801. The zero-order valence-electron chi connectivity index (χ0n) is 12.2. The summed E-state index contributed by atoms with van der Waals surface area (Å²) in [5.74, 6) is -0.588. The normalized spacial score (nSPS) is 29.7. The fourth-order valence-electron chi connectivity index (χ4n) is 3.58. The number of hydrogen-bond donors (Lipinski definition) is 1. The maximum absolute atomic E-state index is 11.5. The Labute approximate surface area is 116 Å². The molecule has 19 heavy (non-hydrogen) atoms. The number of rotatable bonds is 6. The fraction of sp³-hybridized carbons (Fsp3) is 0.933. The Bertz CT molecular complexity index is 303. The molecule has 110 valence electrons. The Balaban J connectivity index is 1.78. The standard InChI is InChI=1S/C15H28N2O2/c1-2-6-15(14(18)19)7-10-17(13-15)12-11-16-8-4-3-5-9-16/h2-13H2,1H3,(H,18,19). The van der Waals surface area contributed by atoms with Gasteiger partial charge >= 0.3 is 5.97 Å². The van der Waals surface area contributed by atoms with Crippen LogP contribution in [0.25, 0.3) is 0 Å². The highest BCUT2D eigenvalue weighted by Crippen LogP contribution is 2.35. The molecule has 4 nitrogen and oxygen atoms in total. The van der Waals surface area contributed by atoms with Crippen molar-refractivity contribution >= 4 is 5.97 Å². The van der Waals surface area contributed by atoms with Crippen LogP contribution in [0.1, 0.15) is 45.4 Å². The second-order valence-corrected chi connectivity index (χ2v) is 6.26. The first kappa shape index (κ1) is 14.8. The van der Waals surface area contributed by atoms with Crippen LogP contribution in [0.3, 0.4) is 0 Å². The van der Waals surface area contributed by atoms with Gasteiger partial charge in [0.15, 0.2) is 0 Å². The van der Waals surface area contributed by atoms with E-state index in [0.29, 0.717) is 0 Å². The van der Waals surface area contributed by atoms with Crippen LogP contribution in [0.15, 0.2) is 0 Å². The van der Waals surface area contributed by atoms with E-state index in [9.17, 15) is 9.90 Å². The molecule has 1 N–H and O–H groups in total. The fourth-order valence-corrected chi connectivity index (χ4v) is 3.58. The van der Waals surface area contributed by atoms with E-state index in [1.165, 1.54) is 32.4 Å². The first-order valence-electron chi connectivity index (χ1n) is 7.84. The zero-order chi connectivity index (χ0) is 13.7. The Morgan fingerprint density at radius 3 is 2.42 bits per heavy atom. The largest absolute Gasteiger partial charge is 0.481 e. The van der Waals surface area contributed by atoms with E-state index in [2.05, 4.69) is 16.7 Å². The lowest BCUT2D eigenvalue weighted by Gasteiger charge is -2.29. The van der Waals surface area contributed by atoms with Gasteiger partial charge in [-0.1, -0.05) is 19.8 Å². The lowest BCUT2D eigenvalue weighted by atomic mass is 9.83. The van der Waals surface area contributed by atoms with Crippen LogP contribution in [0.4, 0.5) is 0 Å². The lowest BCUT2D eigenvalue weighted by molar-refractivity contribution is -0.148. The van der Waals surface area contributed by atoms with Gasteiger partial charge in [0.05, 0.1) is 5.41 Å². The average molecular weight is 268 g/mol. The predicted octanol–water partition coefficient (Wildman–Crippen LogP) is 2.05. The highest BCUT2D eigenvalue weighted by Gasteiger charge is 2.43. The molecule has 0 spiro atoms. The monoisotopic (exact) mass is 268 g/mol. The van der Waals surface area contributed by atoms with Gasteiger partial charge < -0.3 is 14.9 Å². The lowest BCUT2D eigenvalue weighted by Crippen LogP contribution is -2.39. The molecule has 0 aliphatic carbocycles. The van der Waals surface area contributed by atoms with Gasteiger partial charge in [0, 0.05) is 19.6 Å². The van der Waals surface area contributed by atoms with Crippen LogP contribution >= 0.6 is 0 Å². The smallest absolute Gasteiger partial charge is 0.310 e. The number of likely N-dealkylation sites (tertiary alicyclic amines) is 2. The molecule has 0 bridgehead atoms. The van der Waals surface area contributed by atoms with Crippen molar-refractivity contribution in [2.24, 2.45) is 5.41 Å². The molecule has 2 fully saturated rings. The maximum Gasteiger partial charge on any atom is 0.310 e. The molecule has 0 amide bonds. The summed E-state index contributed by atoms with van der Waals surface area (Å²) in [6.45, 7) is 8.41. The number of piperidine rings is 1. The number of carboxylic acid groups (broad SMARTS) is 1. The van der Waals surface area contributed by atoms with E-state index >= 15 is 0 Å². The van der Waals surface area contributed by atoms with Crippen molar-refractivity contribution in [2.45, 2.75) is 45.4 Å². The van der Waals surface area contributed by atoms with Crippen molar-refractivity contribution < 1.29 is 9.90 Å². The van der Waals surface area contributed by atoms with Crippen molar-refractivity contribution in [1.29, 1.82) is 0 Å². The molecular formula is C15H28N2O2. The molecule has 2 rings (SSSR count). The van der Waals surface area contributed by atoms with Crippen LogP contribution in [0, 0.1) is 5.41 Å². The van der Waals surface area contributed by atoms with Crippen LogP contribution in [0.2, 0.25) is 0 Å². The van der Waals surface area contributed by atoms with E-state index in [0.717, 1.165) is 45.4 Å². The van der Waals surface area contributed by atoms with Gasteiger partial charge in [0.25, 0.3) is 0 Å². The Morgan fingerprint density at radius 1 is 1.11 bits per heavy atom. The van der Waals surface area contributed by atoms with Gasteiger partial charge in [0.1, 0.15) is 0 Å². The Hall–Kier alpha value is -0.610. The van der Waals surface area contributed by atoms with Crippen molar-refractivity contribution in [1.82, 2.24) is 9.80 Å². The van der Waals surface area contributed by atoms with E-state index < -0.39 is 11.4 Å². The van der Waals surface area contributed by atoms with Crippen molar-refractivity contribution in [2.75, 3.05) is 39.3 Å². The molecule has 2 aliphatic heterocycles. The molecule has 1 unspecified atom stereocenters. The Kier molecular flexibility index (Phi) is 5.22. The SMILES string of the molecule is CCCC1(C(=O)O)CCN(CCN2CCCCC2)C1. The molecule has 1 atom stereocenters. The second-order valence-electron chi connectivity index (χ2n) is 6.26. The van der Waals surface area contributed by atoms with Gasteiger partial charge in [-0.05, 0) is 45.3 Å². The summed E-state index contributed by atoms with van der Waals surface area (Å²) < 4.78 is 0. The molecule has 2 aliphatic rings. The summed E-state index contributed by atoms with van der Waals surface area (Å²) in [7, 11) is 0. The molecule has 2 heterocycles. The summed E-state index contributed by atoms with van der Waals surface area (Å²) in [6, 6.07) is 0. The minimum Gasteiger partial charge on any atom is -0.481 e. The van der Waals surface area contributed by atoms with E-state index in [-0.39, 0.29) is 0 Å². The van der Waals surface area contributed by atoms with Gasteiger partial charge in [-0.3, -0.25) is 4.79 Å². The first-order valence-corrected chi connectivity index (χ1v) is 7.84.